The van der Waals surface area contributed by atoms with Gasteiger partial charge in [0.2, 0.25) is 0 Å². The maximum absolute atomic E-state index is 11.5. The molecule has 0 radical (unpaired) electrons. The van der Waals surface area contributed by atoms with Crippen LogP contribution in [0.2, 0.25) is 0 Å². The second-order valence-electron chi connectivity index (χ2n) is 4.73. The lowest BCUT2D eigenvalue weighted by Crippen LogP contribution is -2.34. The normalized spacial score (nSPS) is 19.1. The molecule has 1 heterocycles. The van der Waals surface area contributed by atoms with Gasteiger partial charge in [0.15, 0.2) is 6.10 Å². The highest BCUT2D eigenvalue weighted by atomic mass is 16.5. The first kappa shape index (κ1) is 13.4. The number of nitrogens with one attached hydrogen (secondary N) is 1. The van der Waals surface area contributed by atoms with Gasteiger partial charge in [0.05, 0.1) is 11.6 Å². The maximum atomic E-state index is 11.5. The number of benzene rings is 1. The van der Waals surface area contributed by atoms with Gasteiger partial charge in [-0.05, 0) is 37.5 Å². The van der Waals surface area contributed by atoms with Crippen LogP contribution in [0, 0.1) is 5.92 Å². The molecule has 0 fully saturated rings. The molecule has 102 valence electrons. The first-order chi connectivity index (χ1) is 9.01. The number of carboxylic acids is 1. The van der Waals surface area contributed by atoms with Crippen molar-refractivity contribution >= 4 is 17.6 Å². The van der Waals surface area contributed by atoms with Crippen LogP contribution in [-0.2, 0) is 16.0 Å². The number of ether oxygens (including phenoxy) is 1. The van der Waals surface area contributed by atoms with E-state index in [1.807, 2.05) is 13.0 Å². The van der Waals surface area contributed by atoms with Crippen LogP contribution in [0.25, 0.3) is 0 Å². The molecular weight excluding hydrogens is 246 g/mol. The number of fused-ring (bicyclic) bond motifs is 1. The molecule has 0 aliphatic carbocycles. The Bertz CT molecular complexity index is 512. The zero-order valence-corrected chi connectivity index (χ0v) is 11.0. The van der Waals surface area contributed by atoms with Gasteiger partial charge in [0, 0.05) is 0 Å². The van der Waals surface area contributed by atoms with Crippen LogP contribution in [0.15, 0.2) is 18.2 Å². The number of hydrogen-bond acceptors (Lipinski definition) is 3. The van der Waals surface area contributed by atoms with Crippen molar-refractivity contribution in [3.8, 4) is 5.75 Å². The summed E-state index contributed by atoms with van der Waals surface area (Å²) in [7, 11) is 0. The summed E-state index contributed by atoms with van der Waals surface area (Å²) in [6.45, 7) is 3.54. The first-order valence-corrected chi connectivity index (χ1v) is 6.34. The van der Waals surface area contributed by atoms with Crippen molar-refractivity contribution in [2.75, 3.05) is 5.32 Å². The number of rotatable bonds is 4. The molecule has 1 aromatic rings. The molecule has 0 aromatic heterocycles. The van der Waals surface area contributed by atoms with Crippen LogP contribution in [0.3, 0.4) is 0 Å². The Kier molecular flexibility index (Phi) is 3.74. The highest BCUT2D eigenvalue weighted by molar-refractivity contribution is 5.97. The molecule has 1 amide bonds. The fourth-order valence-electron chi connectivity index (χ4n) is 2.07. The Morgan fingerprint density at radius 3 is 2.89 bits per heavy atom. The van der Waals surface area contributed by atoms with E-state index in [1.165, 1.54) is 0 Å². The maximum Gasteiger partial charge on any atom is 0.306 e. The largest absolute Gasteiger partial charge is 0.481 e. The van der Waals surface area contributed by atoms with Gasteiger partial charge in [0.1, 0.15) is 5.75 Å². The van der Waals surface area contributed by atoms with Crippen LogP contribution < -0.4 is 10.1 Å². The average molecular weight is 263 g/mol. The number of carboxylic acid groups (broad SMARTS) is 1. The van der Waals surface area contributed by atoms with E-state index in [4.69, 9.17) is 9.84 Å². The molecule has 19 heavy (non-hydrogen) atoms. The number of anilines is 1. The summed E-state index contributed by atoms with van der Waals surface area (Å²) < 4.78 is 5.45. The van der Waals surface area contributed by atoms with Crippen molar-refractivity contribution in [2.24, 2.45) is 5.92 Å². The monoisotopic (exact) mass is 263 g/mol. The van der Waals surface area contributed by atoms with Crippen LogP contribution in [0.5, 0.6) is 5.75 Å². The van der Waals surface area contributed by atoms with E-state index >= 15 is 0 Å². The lowest BCUT2D eigenvalue weighted by Gasteiger charge is -2.24. The highest BCUT2D eigenvalue weighted by Crippen LogP contribution is 2.31. The van der Waals surface area contributed by atoms with Gasteiger partial charge in [-0.25, -0.2) is 0 Å². The average Bonchev–Trinajstić information content (AvgIpc) is 2.37. The number of aliphatic carboxylic acids is 1. The van der Waals surface area contributed by atoms with Crippen molar-refractivity contribution < 1.29 is 19.4 Å². The Morgan fingerprint density at radius 2 is 2.26 bits per heavy atom. The van der Waals surface area contributed by atoms with E-state index in [9.17, 15) is 9.59 Å². The summed E-state index contributed by atoms with van der Waals surface area (Å²) in [6, 6.07) is 5.40. The predicted octanol–water partition coefficient (Wildman–Crippen LogP) is 2.06. The third kappa shape index (κ3) is 2.86. The summed E-state index contributed by atoms with van der Waals surface area (Å²) >= 11 is 0. The molecule has 5 heteroatoms. The molecule has 2 atom stereocenters. The van der Waals surface area contributed by atoms with Gasteiger partial charge >= 0.3 is 5.97 Å². The smallest absolute Gasteiger partial charge is 0.306 e. The van der Waals surface area contributed by atoms with Crippen molar-refractivity contribution in [3.05, 3.63) is 23.8 Å². The Hall–Kier alpha value is -2.04. The van der Waals surface area contributed by atoms with Gasteiger partial charge in [-0.2, -0.15) is 0 Å². The summed E-state index contributed by atoms with van der Waals surface area (Å²) in [5.74, 6) is -0.763. The van der Waals surface area contributed by atoms with Gasteiger partial charge in [-0.15, -0.1) is 0 Å². The number of carbonyl (C=O) groups excluding carboxylic acids is 1. The molecular formula is C14H17NO4. The third-order valence-electron chi connectivity index (χ3n) is 3.30. The van der Waals surface area contributed by atoms with E-state index in [0.717, 1.165) is 5.56 Å². The van der Waals surface area contributed by atoms with Crippen molar-refractivity contribution in [2.45, 2.75) is 32.8 Å². The number of carbonyl (C=O) groups is 2. The van der Waals surface area contributed by atoms with Crippen molar-refractivity contribution in [1.29, 1.82) is 0 Å². The SMILES string of the molecule is CCC(Cc1ccc2c(c1)NC(=O)C(C)O2)C(=O)O. The molecule has 2 unspecified atom stereocenters. The Balaban J connectivity index is 2.19. The first-order valence-electron chi connectivity index (χ1n) is 6.34. The summed E-state index contributed by atoms with van der Waals surface area (Å²) in [5.41, 5.74) is 1.49. The molecule has 5 nitrogen and oxygen atoms in total. The zero-order chi connectivity index (χ0) is 14.0. The molecule has 1 aliphatic rings. The van der Waals surface area contributed by atoms with E-state index in [2.05, 4.69) is 5.32 Å². The minimum atomic E-state index is -0.797. The number of amides is 1. The summed E-state index contributed by atoms with van der Waals surface area (Å²) in [5, 5.41) is 11.8. The van der Waals surface area contributed by atoms with Gasteiger partial charge in [0.25, 0.3) is 5.91 Å². The van der Waals surface area contributed by atoms with E-state index < -0.39 is 18.0 Å². The lowest BCUT2D eigenvalue weighted by atomic mass is 9.96. The van der Waals surface area contributed by atoms with Crippen LogP contribution in [-0.4, -0.2) is 23.1 Å². The predicted molar refractivity (Wildman–Crippen MR) is 70.3 cm³/mol. The second-order valence-corrected chi connectivity index (χ2v) is 4.73. The molecule has 0 saturated carbocycles. The minimum absolute atomic E-state index is 0.185. The second kappa shape index (κ2) is 5.30. The molecule has 2 rings (SSSR count). The molecule has 0 bridgehead atoms. The Morgan fingerprint density at radius 1 is 1.53 bits per heavy atom. The van der Waals surface area contributed by atoms with E-state index in [0.29, 0.717) is 24.3 Å². The van der Waals surface area contributed by atoms with E-state index in [1.54, 1.807) is 19.1 Å². The third-order valence-corrected chi connectivity index (χ3v) is 3.30. The summed E-state index contributed by atoms with van der Waals surface area (Å²) in [6.07, 6.45) is 0.525. The lowest BCUT2D eigenvalue weighted by molar-refractivity contribution is -0.141. The van der Waals surface area contributed by atoms with Crippen molar-refractivity contribution in [3.63, 3.8) is 0 Å². The fraction of sp³-hybridized carbons (Fsp3) is 0.429. The van der Waals surface area contributed by atoms with Crippen molar-refractivity contribution in [1.82, 2.24) is 0 Å². The molecule has 2 N–H and O–H groups in total. The standard InChI is InChI=1S/C14H17NO4/c1-3-10(14(17)18)6-9-4-5-12-11(7-9)15-13(16)8(2)19-12/h4-5,7-8,10H,3,6H2,1-2H3,(H,15,16)(H,17,18). The van der Waals surface area contributed by atoms with Crippen LogP contribution in [0.1, 0.15) is 25.8 Å². The van der Waals surface area contributed by atoms with Gasteiger partial charge in [-0.1, -0.05) is 13.0 Å². The zero-order valence-electron chi connectivity index (χ0n) is 11.0. The van der Waals surface area contributed by atoms with Crippen LogP contribution >= 0.6 is 0 Å². The van der Waals surface area contributed by atoms with E-state index in [-0.39, 0.29) is 5.91 Å². The van der Waals surface area contributed by atoms with Gasteiger partial charge in [-0.3, -0.25) is 9.59 Å². The molecule has 1 aromatic carbocycles. The highest BCUT2D eigenvalue weighted by Gasteiger charge is 2.24. The number of hydrogen-bond donors (Lipinski definition) is 2. The quantitative estimate of drug-likeness (QED) is 0.871. The summed E-state index contributed by atoms with van der Waals surface area (Å²) in [4.78, 5) is 22.5. The Labute approximate surface area is 111 Å². The topological polar surface area (TPSA) is 75.6 Å². The molecule has 0 saturated heterocycles. The van der Waals surface area contributed by atoms with Crippen LogP contribution in [0.4, 0.5) is 5.69 Å². The molecule has 1 aliphatic heterocycles. The molecule has 0 spiro atoms. The van der Waals surface area contributed by atoms with Gasteiger partial charge < -0.3 is 15.2 Å². The fourth-order valence-corrected chi connectivity index (χ4v) is 2.07. The minimum Gasteiger partial charge on any atom is -0.481 e.